The van der Waals surface area contributed by atoms with Gasteiger partial charge >= 0.3 is 0 Å². The van der Waals surface area contributed by atoms with Gasteiger partial charge in [0, 0.05) is 11.3 Å². The van der Waals surface area contributed by atoms with E-state index >= 15 is 0 Å². The summed E-state index contributed by atoms with van der Waals surface area (Å²) in [6.45, 7) is 4.60. The predicted octanol–water partition coefficient (Wildman–Crippen LogP) is 4.66. The van der Waals surface area contributed by atoms with E-state index in [0.29, 0.717) is 34.3 Å². The van der Waals surface area contributed by atoms with Crippen LogP contribution in [0.1, 0.15) is 35.7 Å². The first-order valence-electron chi connectivity index (χ1n) is 7.61. The number of unbranched alkanes of at least 4 members (excludes halogenated alkanes) is 1. The number of amides is 1. The molecule has 0 unspecified atom stereocenters. The van der Waals surface area contributed by atoms with Crippen molar-refractivity contribution < 1.29 is 9.53 Å². The minimum Gasteiger partial charge on any atom is -0.494 e. The highest BCUT2D eigenvalue weighted by atomic mass is 35.5. The molecule has 2 rings (SSSR count). The van der Waals surface area contributed by atoms with Crippen LogP contribution in [0.25, 0.3) is 0 Å². The zero-order valence-corrected chi connectivity index (χ0v) is 14.1. The molecule has 0 radical (unpaired) electrons. The van der Waals surface area contributed by atoms with Crippen LogP contribution in [0.4, 0.5) is 11.4 Å². The van der Waals surface area contributed by atoms with Gasteiger partial charge in [0.1, 0.15) is 5.75 Å². The van der Waals surface area contributed by atoms with Gasteiger partial charge in [0.25, 0.3) is 5.91 Å². The lowest BCUT2D eigenvalue weighted by atomic mass is 10.1. The van der Waals surface area contributed by atoms with E-state index < -0.39 is 0 Å². The summed E-state index contributed by atoms with van der Waals surface area (Å²) in [4.78, 5) is 12.4. The molecule has 0 atom stereocenters. The zero-order valence-electron chi connectivity index (χ0n) is 13.4. The standard InChI is InChI=1S/C18H21ClN2O2/c1-3-4-8-23-15-7-5-6-13(10-15)18(22)21-17-12(2)9-14(20)11-16(17)19/h5-7,9-11H,3-4,8,20H2,1-2H3,(H,21,22). The van der Waals surface area contributed by atoms with Gasteiger partial charge < -0.3 is 15.8 Å². The maximum atomic E-state index is 12.4. The number of halogens is 1. The van der Waals surface area contributed by atoms with Gasteiger partial charge in [0.05, 0.1) is 17.3 Å². The summed E-state index contributed by atoms with van der Waals surface area (Å²) in [5.74, 6) is 0.451. The van der Waals surface area contributed by atoms with E-state index in [9.17, 15) is 4.79 Å². The molecule has 5 heteroatoms. The molecule has 1 amide bonds. The fraction of sp³-hybridized carbons (Fsp3) is 0.278. The van der Waals surface area contributed by atoms with E-state index in [2.05, 4.69) is 12.2 Å². The first kappa shape index (κ1) is 17.2. The second-order valence-corrected chi connectivity index (χ2v) is 5.79. The first-order chi connectivity index (χ1) is 11.0. The number of rotatable bonds is 6. The second kappa shape index (κ2) is 7.88. The first-order valence-corrected chi connectivity index (χ1v) is 7.99. The molecule has 0 aromatic heterocycles. The second-order valence-electron chi connectivity index (χ2n) is 5.38. The lowest BCUT2D eigenvalue weighted by Crippen LogP contribution is -2.13. The number of aryl methyl sites for hydroxylation is 1. The molecule has 0 aliphatic rings. The molecule has 0 saturated heterocycles. The Morgan fingerprint density at radius 2 is 2.09 bits per heavy atom. The summed E-state index contributed by atoms with van der Waals surface area (Å²) in [7, 11) is 0. The van der Waals surface area contributed by atoms with Crippen LogP contribution in [0.5, 0.6) is 5.75 Å². The van der Waals surface area contributed by atoms with Crippen molar-refractivity contribution in [3.8, 4) is 5.75 Å². The normalized spacial score (nSPS) is 10.4. The van der Waals surface area contributed by atoms with Gasteiger partial charge in [0.15, 0.2) is 0 Å². The van der Waals surface area contributed by atoms with Crippen molar-refractivity contribution in [1.29, 1.82) is 0 Å². The Morgan fingerprint density at radius 3 is 2.78 bits per heavy atom. The van der Waals surface area contributed by atoms with Crippen molar-refractivity contribution in [2.45, 2.75) is 26.7 Å². The van der Waals surface area contributed by atoms with Gasteiger partial charge in [-0.2, -0.15) is 0 Å². The molecule has 3 N–H and O–H groups in total. The third-order valence-corrected chi connectivity index (χ3v) is 3.71. The molecule has 4 nitrogen and oxygen atoms in total. The van der Waals surface area contributed by atoms with Crippen LogP contribution in [-0.2, 0) is 0 Å². The van der Waals surface area contributed by atoms with E-state index in [0.717, 1.165) is 18.4 Å². The fourth-order valence-electron chi connectivity index (χ4n) is 2.18. The topological polar surface area (TPSA) is 64.3 Å². The maximum absolute atomic E-state index is 12.4. The third kappa shape index (κ3) is 4.63. The number of benzene rings is 2. The van der Waals surface area contributed by atoms with Gasteiger partial charge in [-0.15, -0.1) is 0 Å². The highest BCUT2D eigenvalue weighted by Gasteiger charge is 2.12. The Balaban J connectivity index is 2.13. The van der Waals surface area contributed by atoms with Crippen molar-refractivity contribution in [3.63, 3.8) is 0 Å². The van der Waals surface area contributed by atoms with Crippen molar-refractivity contribution >= 4 is 28.9 Å². The van der Waals surface area contributed by atoms with E-state index in [1.54, 1.807) is 30.3 Å². The van der Waals surface area contributed by atoms with E-state index in [-0.39, 0.29) is 5.91 Å². The van der Waals surface area contributed by atoms with E-state index in [1.165, 1.54) is 0 Å². The molecule has 0 bridgehead atoms. The van der Waals surface area contributed by atoms with Crippen LogP contribution in [0.3, 0.4) is 0 Å². The van der Waals surface area contributed by atoms with Crippen LogP contribution in [0, 0.1) is 6.92 Å². The van der Waals surface area contributed by atoms with Gasteiger partial charge in [-0.1, -0.05) is 31.0 Å². The summed E-state index contributed by atoms with van der Waals surface area (Å²) < 4.78 is 5.63. The molecule has 0 aliphatic heterocycles. The lowest BCUT2D eigenvalue weighted by molar-refractivity contribution is 0.102. The van der Waals surface area contributed by atoms with Crippen LogP contribution < -0.4 is 15.8 Å². The molecular weight excluding hydrogens is 312 g/mol. The Morgan fingerprint density at radius 1 is 1.30 bits per heavy atom. The molecule has 0 heterocycles. The molecule has 122 valence electrons. The Bertz CT molecular complexity index is 678. The Labute approximate surface area is 141 Å². The summed E-state index contributed by atoms with van der Waals surface area (Å²) in [5, 5.41) is 3.26. The highest BCUT2D eigenvalue weighted by Crippen LogP contribution is 2.29. The lowest BCUT2D eigenvalue weighted by Gasteiger charge is -2.12. The number of nitrogens with two attached hydrogens (primary N) is 1. The zero-order chi connectivity index (χ0) is 16.8. The average molecular weight is 333 g/mol. The summed E-state index contributed by atoms with van der Waals surface area (Å²) in [5.41, 5.74) is 8.21. The van der Waals surface area contributed by atoms with Crippen molar-refractivity contribution in [3.05, 3.63) is 52.5 Å². The van der Waals surface area contributed by atoms with Crippen molar-refractivity contribution in [2.24, 2.45) is 0 Å². The molecular formula is C18H21ClN2O2. The van der Waals surface area contributed by atoms with Crippen LogP contribution in [0.15, 0.2) is 36.4 Å². The largest absolute Gasteiger partial charge is 0.494 e. The van der Waals surface area contributed by atoms with Gasteiger partial charge in [-0.05, 0) is 49.2 Å². The van der Waals surface area contributed by atoms with E-state index in [1.807, 2.05) is 13.0 Å². The molecule has 0 aliphatic carbocycles. The van der Waals surface area contributed by atoms with Gasteiger partial charge in [-0.25, -0.2) is 0 Å². The summed E-state index contributed by atoms with van der Waals surface area (Å²) >= 11 is 6.16. The minimum absolute atomic E-state index is 0.235. The van der Waals surface area contributed by atoms with Crippen molar-refractivity contribution in [1.82, 2.24) is 0 Å². The highest BCUT2D eigenvalue weighted by molar-refractivity contribution is 6.34. The summed E-state index contributed by atoms with van der Waals surface area (Å²) in [6.07, 6.45) is 2.05. The number of nitrogens with one attached hydrogen (secondary N) is 1. The number of carbonyl (C=O) groups is 1. The number of carbonyl (C=O) groups excluding carboxylic acids is 1. The number of nitrogen functional groups attached to an aromatic ring is 1. The molecule has 23 heavy (non-hydrogen) atoms. The van der Waals surface area contributed by atoms with Crippen LogP contribution >= 0.6 is 11.6 Å². The number of ether oxygens (including phenoxy) is 1. The third-order valence-electron chi connectivity index (χ3n) is 3.41. The smallest absolute Gasteiger partial charge is 0.255 e. The monoisotopic (exact) mass is 332 g/mol. The quantitative estimate of drug-likeness (QED) is 0.597. The molecule has 2 aromatic rings. The molecule has 0 saturated carbocycles. The van der Waals surface area contributed by atoms with Crippen LogP contribution in [-0.4, -0.2) is 12.5 Å². The minimum atomic E-state index is -0.235. The molecule has 2 aromatic carbocycles. The maximum Gasteiger partial charge on any atom is 0.255 e. The summed E-state index contributed by atoms with van der Waals surface area (Å²) in [6, 6.07) is 10.5. The van der Waals surface area contributed by atoms with Gasteiger partial charge in [0.2, 0.25) is 0 Å². The average Bonchev–Trinajstić information content (AvgIpc) is 2.51. The molecule has 0 spiro atoms. The van der Waals surface area contributed by atoms with Crippen molar-refractivity contribution in [2.75, 3.05) is 17.7 Å². The Kier molecular flexibility index (Phi) is 5.88. The predicted molar refractivity (Wildman–Crippen MR) is 95.4 cm³/mol. The van der Waals surface area contributed by atoms with Gasteiger partial charge in [-0.3, -0.25) is 4.79 Å². The SMILES string of the molecule is CCCCOc1cccc(C(=O)Nc2c(C)cc(N)cc2Cl)c1. The number of hydrogen-bond acceptors (Lipinski definition) is 3. The fourth-order valence-corrected chi connectivity index (χ4v) is 2.50. The number of anilines is 2. The Hall–Kier alpha value is -2.20. The van der Waals surface area contributed by atoms with Crippen LogP contribution in [0.2, 0.25) is 5.02 Å². The molecule has 0 fully saturated rings. The number of hydrogen-bond donors (Lipinski definition) is 2. The van der Waals surface area contributed by atoms with E-state index in [4.69, 9.17) is 22.1 Å².